The van der Waals surface area contributed by atoms with Crippen LogP contribution in [-0.2, 0) is 6.42 Å². The summed E-state index contributed by atoms with van der Waals surface area (Å²) in [6, 6.07) is 8.86. The minimum Gasteiger partial charge on any atom is -0.507 e. The average Bonchev–Trinajstić information content (AvgIpc) is 2.82. The summed E-state index contributed by atoms with van der Waals surface area (Å²) in [6.07, 6.45) is 18.5. The zero-order chi connectivity index (χ0) is 23.5. The summed E-state index contributed by atoms with van der Waals surface area (Å²) >= 11 is 0. The molecule has 0 bridgehead atoms. The van der Waals surface area contributed by atoms with Gasteiger partial charge in [-0.1, -0.05) is 90.0 Å². The van der Waals surface area contributed by atoms with Crippen LogP contribution >= 0.6 is 0 Å². The largest absolute Gasteiger partial charge is 0.507 e. The van der Waals surface area contributed by atoms with Gasteiger partial charge in [0, 0.05) is 0 Å². The highest BCUT2D eigenvalue weighted by Gasteiger charge is 2.15. The lowest BCUT2D eigenvalue weighted by Crippen LogP contribution is -2.03. The number of rotatable bonds is 15. The van der Waals surface area contributed by atoms with Gasteiger partial charge in [-0.15, -0.1) is 0 Å². The van der Waals surface area contributed by atoms with Crippen LogP contribution < -0.4 is 10.2 Å². The van der Waals surface area contributed by atoms with E-state index in [1.165, 1.54) is 95.8 Å². The van der Waals surface area contributed by atoms with E-state index in [1.54, 1.807) is 6.07 Å². The van der Waals surface area contributed by atoms with E-state index < -0.39 is 0 Å². The Labute approximate surface area is 198 Å². The van der Waals surface area contributed by atoms with Gasteiger partial charge in [-0.2, -0.15) is 0 Å². The molecule has 180 valence electrons. The molecule has 0 fully saturated rings. The Morgan fingerprint density at radius 3 is 2.03 bits per heavy atom. The lowest BCUT2D eigenvalue weighted by molar-refractivity contribution is 0.409. The molecule has 0 aliphatic heterocycles. The summed E-state index contributed by atoms with van der Waals surface area (Å²) < 4.78 is 11.3. The number of unbranched alkanes of at least 4 members (excludes halogenated alkanes) is 12. The molecule has 0 spiro atoms. The van der Waals surface area contributed by atoms with E-state index in [0.29, 0.717) is 22.3 Å². The minimum absolute atomic E-state index is 0.0856. The number of hydrogen-bond acceptors (Lipinski definition) is 4. The third-order valence-corrected chi connectivity index (χ3v) is 6.62. The van der Waals surface area contributed by atoms with Crippen LogP contribution in [0.25, 0.3) is 21.9 Å². The fourth-order valence-corrected chi connectivity index (χ4v) is 4.62. The first kappa shape index (κ1) is 25.1. The van der Waals surface area contributed by atoms with E-state index >= 15 is 0 Å². The van der Waals surface area contributed by atoms with Gasteiger partial charge in [0.15, 0.2) is 11.3 Å². The monoisotopic (exact) mass is 452 g/mol. The number of methoxy groups -OCH3 is 1. The molecule has 1 heterocycles. The third-order valence-electron chi connectivity index (χ3n) is 6.62. The molecular formula is C29H40O4. The lowest BCUT2D eigenvalue weighted by Gasteiger charge is -2.08. The van der Waals surface area contributed by atoms with Gasteiger partial charge in [-0.3, -0.25) is 4.79 Å². The second kappa shape index (κ2) is 13.3. The Hall–Kier alpha value is -2.49. The smallest absolute Gasteiger partial charge is 0.204 e. The molecule has 0 atom stereocenters. The van der Waals surface area contributed by atoms with Gasteiger partial charge in [0.1, 0.15) is 16.7 Å². The van der Waals surface area contributed by atoms with Gasteiger partial charge in [-0.05, 0) is 42.7 Å². The average molecular weight is 453 g/mol. The van der Waals surface area contributed by atoms with E-state index in [9.17, 15) is 9.90 Å². The molecule has 0 amide bonds. The highest BCUT2D eigenvalue weighted by atomic mass is 16.5. The van der Waals surface area contributed by atoms with Crippen molar-refractivity contribution in [3.05, 3.63) is 46.1 Å². The number of benzene rings is 2. The summed E-state index contributed by atoms with van der Waals surface area (Å²) in [7, 11) is 1.53. The van der Waals surface area contributed by atoms with Crippen molar-refractivity contribution in [2.24, 2.45) is 0 Å². The van der Waals surface area contributed by atoms with Crippen LogP contribution in [0.4, 0.5) is 0 Å². The number of hydrogen-bond donors (Lipinski definition) is 1. The van der Waals surface area contributed by atoms with Gasteiger partial charge in [0.2, 0.25) is 5.43 Å². The van der Waals surface area contributed by atoms with Gasteiger partial charge in [-0.25, -0.2) is 0 Å². The SMILES string of the molecule is CCCCCCCCCCCCCCCc1ccc2c(=O)c3c(O)ccc(OC)c3oc2c1. The molecule has 33 heavy (non-hydrogen) atoms. The van der Waals surface area contributed by atoms with Crippen LogP contribution in [0.15, 0.2) is 39.5 Å². The predicted octanol–water partition coefficient (Wildman–Crippen LogP) is 8.29. The quantitative estimate of drug-likeness (QED) is 0.186. The molecule has 0 saturated carbocycles. The van der Waals surface area contributed by atoms with Crippen molar-refractivity contribution >= 4 is 21.9 Å². The summed E-state index contributed by atoms with van der Waals surface area (Å²) in [6.45, 7) is 2.27. The fourth-order valence-electron chi connectivity index (χ4n) is 4.62. The van der Waals surface area contributed by atoms with Crippen molar-refractivity contribution in [1.29, 1.82) is 0 Å². The molecule has 0 radical (unpaired) electrons. The zero-order valence-electron chi connectivity index (χ0n) is 20.5. The van der Waals surface area contributed by atoms with Crippen LogP contribution in [0.1, 0.15) is 96.0 Å². The Morgan fingerprint density at radius 1 is 0.818 bits per heavy atom. The fraction of sp³-hybridized carbons (Fsp3) is 0.552. The van der Waals surface area contributed by atoms with Crippen molar-refractivity contribution in [2.45, 2.75) is 96.8 Å². The second-order valence-electron chi connectivity index (χ2n) is 9.25. The topological polar surface area (TPSA) is 59.7 Å². The van der Waals surface area contributed by atoms with Crippen LogP contribution in [0.2, 0.25) is 0 Å². The molecule has 0 unspecified atom stereocenters. The number of fused-ring (bicyclic) bond motifs is 2. The Bertz CT molecular complexity index is 1070. The first-order chi connectivity index (χ1) is 16.2. The normalized spacial score (nSPS) is 11.5. The third kappa shape index (κ3) is 6.99. The molecule has 0 aliphatic carbocycles. The molecule has 1 aromatic heterocycles. The molecule has 4 heteroatoms. The number of aromatic hydroxyl groups is 1. The molecule has 0 aliphatic rings. The van der Waals surface area contributed by atoms with E-state index in [-0.39, 0.29) is 16.6 Å². The molecule has 0 saturated heterocycles. The summed E-state index contributed by atoms with van der Waals surface area (Å²) in [4.78, 5) is 12.9. The summed E-state index contributed by atoms with van der Waals surface area (Å²) in [5, 5.41) is 10.8. The van der Waals surface area contributed by atoms with Crippen LogP contribution in [0, 0.1) is 0 Å². The molecular weight excluding hydrogens is 412 g/mol. The summed E-state index contributed by atoms with van der Waals surface area (Å²) in [5.74, 6) is 0.362. The van der Waals surface area contributed by atoms with Gasteiger partial charge < -0.3 is 14.3 Å². The molecule has 3 aromatic rings. The van der Waals surface area contributed by atoms with Gasteiger partial charge in [0.05, 0.1) is 12.5 Å². The number of phenolic OH excluding ortho intramolecular Hbond substituents is 1. The van der Waals surface area contributed by atoms with Gasteiger partial charge >= 0.3 is 0 Å². The van der Waals surface area contributed by atoms with Crippen molar-refractivity contribution in [3.63, 3.8) is 0 Å². The molecule has 4 nitrogen and oxygen atoms in total. The Kier molecular flexibility index (Phi) is 10.1. The van der Waals surface area contributed by atoms with Crippen LogP contribution in [-0.4, -0.2) is 12.2 Å². The molecule has 2 aromatic carbocycles. The molecule has 3 rings (SSSR count). The van der Waals surface area contributed by atoms with Crippen molar-refractivity contribution in [1.82, 2.24) is 0 Å². The highest BCUT2D eigenvalue weighted by molar-refractivity contribution is 5.95. The first-order valence-electron chi connectivity index (χ1n) is 12.9. The summed E-state index contributed by atoms with van der Waals surface area (Å²) in [5.41, 5.74) is 1.79. The zero-order valence-corrected chi connectivity index (χ0v) is 20.5. The predicted molar refractivity (Wildman–Crippen MR) is 138 cm³/mol. The van der Waals surface area contributed by atoms with E-state index in [0.717, 1.165) is 12.8 Å². The Balaban J connectivity index is 1.43. The van der Waals surface area contributed by atoms with Crippen molar-refractivity contribution in [3.8, 4) is 11.5 Å². The van der Waals surface area contributed by atoms with Crippen LogP contribution in [0.5, 0.6) is 11.5 Å². The lowest BCUT2D eigenvalue weighted by atomic mass is 10.0. The number of aryl methyl sites for hydroxylation is 1. The first-order valence-corrected chi connectivity index (χ1v) is 12.9. The standard InChI is InChI=1S/C29H40O4/c1-3-4-5-6-7-8-9-10-11-12-13-14-15-16-22-17-18-23-26(21-22)33-29-25(32-2)20-19-24(30)27(29)28(23)31/h17-21,30H,3-16H2,1-2H3. The maximum absolute atomic E-state index is 12.9. The van der Waals surface area contributed by atoms with E-state index in [2.05, 4.69) is 6.92 Å². The van der Waals surface area contributed by atoms with Crippen molar-refractivity contribution < 1.29 is 14.3 Å². The maximum Gasteiger partial charge on any atom is 0.204 e. The van der Waals surface area contributed by atoms with Gasteiger partial charge in [0.25, 0.3) is 0 Å². The number of ether oxygens (including phenoxy) is 1. The second-order valence-corrected chi connectivity index (χ2v) is 9.25. The highest BCUT2D eigenvalue weighted by Crippen LogP contribution is 2.32. The Morgan fingerprint density at radius 2 is 1.42 bits per heavy atom. The van der Waals surface area contributed by atoms with E-state index in [4.69, 9.17) is 9.15 Å². The minimum atomic E-state index is -0.227. The number of phenols is 1. The van der Waals surface area contributed by atoms with Crippen LogP contribution in [0.3, 0.4) is 0 Å². The van der Waals surface area contributed by atoms with E-state index in [1.807, 2.05) is 18.2 Å². The van der Waals surface area contributed by atoms with Crippen molar-refractivity contribution in [2.75, 3.05) is 7.11 Å². The maximum atomic E-state index is 12.9. The molecule has 1 N–H and O–H groups in total.